The van der Waals surface area contributed by atoms with E-state index >= 15 is 0 Å². The lowest BCUT2D eigenvalue weighted by atomic mass is 9.58. The van der Waals surface area contributed by atoms with E-state index in [-0.39, 0.29) is 78.5 Å². The molecule has 10 fully saturated rings. The molecule has 1 aromatic carbocycles. The van der Waals surface area contributed by atoms with E-state index in [0.29, 0.717) is 24.7 Å². The van der Waals surface area contributed by atoms with Crippen LogP contribution in [-0.2, 0) is 54.1 Å². The number of anilines is 1. The van der Waals surface area contributed by atoms with Crippen LogP contribution >= 0.6 is 11.6 Å². The molecule has 59 heavy (non-hydrogen) atoms. The lowest BCUT2D eigenvalue weighted by Gasteiger charge is -2.60. The number of aliphatic imine (C=N–C) groups is 1. The van der Waals surface area contributed by atoms with Crippen molar-refractivity contribution < 1.29 is 61.1 Å². The number of rotatable bonds is 9. The normalized spacial score (nSPS) is 46.5. The van der Waals surface area contributed by atoms with Gasteiger partial charge < -0.3 is 39.1 Å². The number of fused-ring (bicyclic) bond motifs is 4. The summed E-state index contributed by atoms with van der Waals surface area (Å²) in [5, 5.41) is 6.29. The van der Waals surface area contributed by atoms with Crippen LogP contribution in [0, 0.1) is 47.3 Å². The van der Waals surface area contributed by atoms with Crippen molar-refractivity contribution in [2.24, 2.45) is 52.3 Å². The molecule has 16 atom stereocenters. The predicted octanol–water partition coefficient (Wildman–Crippen LogP) is 8.17. The van der Waals surface area contributed by atoms with Crippen molar-refractivity contribution in [2.75, 3.05) is 31.6 Å². The number of nitrogens with zero attached hydrogens (tertiary/aromatic N) is 1. The second-order valence-corrected chi connectivity index (χ2v) is 19.2. The highest BCUT2D eigenvalue weighted by molar-refractivity contribution is 6.33. The number of ether oxygens (including phenoxy) is 6. The van der Waals surface area contributed by atoms with Crippen molar-refractivity contribution in [3.05, 3.63) is 28.8 Å². The van der Waals surface area contributed by atoms with Crippen LogP contribution in [0.1, 0.15) is 98.5 Å². The van der Waals surface area contributed by atoms with Crippen molar-refractivity contribution in [1.82, 2.24) is 5.32 Å². The molecule has 8 heterocycles. The minimum Gasteiger partial charge on any atom is -0.354 e. The van der Waals surface area contributed by atoms with E-state index in [1.165, 1.54) is 6.07 Å². The van der Waals surface area contributed by atoms with E-state index in [1.54, 1.807) is 0 Å². The van der Waals surface area contributed by atoms with Gasteiger partial charge in [0.25, 0.3) is 0 Å². The standard InChI is InChI=1S/C42H59ClF3N3O10/c1-22-7-10-29-24(3)33(52-35-40(29)27(22)13-15-38(5,54-35)56-58-40)50-19-17-47-37(49-32-21-26(42(44,45)46)9-12-31(32)43)48-18-20-51-34-25(4)30-11-8-23(2)28-14-16-39(6)55-36(53-34)41(28,30)59-57-39/h9,12,21-25,27-30,33-36H,7-8,10-11,13-20H2,1-6H3,(H2,47,48,49)/t22-,23-,24-,25-,27+,28+,29+,30+,33+,34+,35-,36-,38-,39-,40-,41-/m1/s1. The number of halogens is 4. The molecule has 0 aromatic heterocycles. The third-order valence-corrected chi connectivity index (χ3v) is 15.4. The third kappa shape index (κ3) is 7.41. The van der Waals surface area contributed by atoms with E-state index in [9.17, 15) is 13.2 Å². The zero-order chi connectivity index (χ0) is 41.5. The van der Waals surface area contributed by atoms with Gasteiger partial charge in [0.15, 0.2) is 42.3 Å². The molecular weight excluding hydrogens is 799 g/mol. The molecule has 17 heteroatoms. The summed E-state index contributed by atoms with van der Waals surface area (Å²) in [6.07, 6.45) is 0.256. The Morgan fingerprint density at radius 1 is 0.763 bits per heavy atom. The van der Waals surface area contributed by atoms with Gasteiger partial charge in [0.1, 0.15) is 0 Å². The fraction of sp³-hybridized carbons (Fsp3) is 0.833. The monoisotopic (exact) mass is 857 g/mol. The van der Waals surface area contributed by atoms with E-state index in [2.05, 4.69) is 43.3 Å². The van der Waals surface area contributed by atoms with E-state index in [1.807, 2.05) is 13.8 Å². The van der Waals surface area contributed by atoms with Crippen LogP contribution in [0.2, 0.25) is 5.02 Å². The summed E-state index contributed by atoms with van der Waals surface area (Å²) in [5.41, 5.74) is -2.20. The number of benzene rings is 1. The SMILES string of the molecule is C[C@H]1[C@@H](OCCN=C(NCCO[C@H]2O[C@@H]3O[C@@]4(C)CC[C@H]5[C@H](C)CC[C@@H]([C@H]2C)[C@@]35OO4)Nc2cc(C(F)(F)F)ccc2Cl)O[C@@H]2O[C@@]3(C)CC[C@H]4[C@H](C)CC[C@@H]1[C@@]24OO3. The highest BCUT2D eigenvalue weighted by atomic mass is 35.5. The van der Waals surface area contributed by atoms with Crippen molar-refractivity contribution in [3.8, 4) is 0 Å². The van der Waals surface area contributed by atoms with Crippen molar-refractivity contribution >= 4 is 23.2 Å². The van der Waals surface area contributed by atoms with Crippen LogP contribution in [0.5, 0.6) is 0 Å². The van der Waals surface area contributed by atoms with Gasteiger partial charge in [-0.2, -0.15) is 13.2 Å². The quantitative estimate of drug-likeness (QED) is 0.108. The zero-order valence-corrected chi connectivity index (χ0v) is 35.4. The third-order valence-electron chi connectivity index (χ3n) is 15.1. The first-order chi connectivity index (χ1) is 28.1. The van der Waals surface area contributed by atoms with E-state index in [4.69, 9.17) is 59.6 Å². The number of hydrogen-bond acceptors (Lipinski definition) is 11. The van der Waals surface area contributed by atoms with Crippen molar-refractivity contribution in [3.63, 3.8) is 0 Å². The molecule has 0 amide bonds. The Kier molecular flexibility index (Phi) is 11.3. The Morgan fingerprint density at radius 2 is 1.31 bits per heavy atom. The Balaban J connectivity index is 0.864. The van der Waals surface area contributed by atoms with Crippen LogP contribution in [-0.4, -0.2) is 80.2 Å². The lowest BCUT2D eigenvalue weighted by molar-refractivity contribution is -0.577. The Morgan fingerprint density at radius 3 is 1.85 bits per heavy atom. The number of alkyl halides is 3. The molecule has 13 nitrogen and oxygen atoms in total. The molecule has 2 N–H and O–H groups in total. The minimum absolute atomic E-state index is 0.0223. The fourth-order valence-corrected chi connectivity index (χ4v) is 12.0. The first-order valence-corrected chi connectivity index (χ1v) is 22.0. The van der Waals surface area contributed by atoms with Crippen LogP contribution < -0.4 is 10.6 Å². The molecule has 330 valence electrons. The summed E-state index contributed by atoms with van der Waals surface area (Å²) < 4.78 is 79.9. The predicted molar refractivity (Wildman–Crippen MR) is 206 cm³/mol. The first-order valence-electron chi connectivity index (χ1n) is 21.6. The molecular formula is C42H59ClF3N3O10. The second-order valence-electron chi connectivity index (χ2n) is 18.8. The second kappa shape index (κ2) is 15.8. The maximum absolute atomic E-state index is 13.7. The van der Waals surface area contributed by atoms with Gasteiger partial charge in [-0.05, 0) is 94.2 Å². The van der Waals surface area contributed by atoms with Crippen LogP contribution in [0.3, 0.4) is 0 Å². The van der Waals surface area contributed by atoms with Crippen LogP contribution in [0.25, 0.3) is 0 Å². The molecule has 11 rings (SSSR count). The molecule has 2 spiro atoms. The smallest absolute Gasteiger partial charge is 0.354 e. The van der Waals surface area contributed by atoms with E-state index < -0.39 is 59.7 Å². The molecule has 8 saturated heterocycles. The maximum atomic E-state index is 13.7. The minimum atomic E-state index is -4.56. The van der Waals surface area contributed by atoms with Gasteiger partial charge in [-0.25, -0.2) is 19.6 Å². The van der Waals surface area contributed by atoms with Gasteiger partial charge in [-0.15, -0.1) is 0 Å². The summed E-state index contributed by atoms with van der Waals surface area (Å²) in [5.74, 6) is -0.122. The summed E-state index contributed by atoms with van der Waals surface area (Å²) in [4.78, 5) is 29.1. The molecule has 0 radical (unpaired) electrons. The molecule has 1 aromatic rings. The molecule has 10 aliphatic rings. The van der Waals surface area contributed by atoms with Gasteiger partial charge in [0.05, 0.1) is 36.0 Å². The van der Waals surface area contributed by atoms with Crippen molar-refractivity contribution in [1.29, 1.82) is 0 Å². The van der Waals surface area contributed by atoms with E-state index in [0.717, 1.165) is 50.7 Å². The zero-order valence-electron chi connectivity index (χ0n) is 34.7. The fourth-order valence-electron chi connectivity index (χ4n) is 11.9. The summed E-state index contributed by atoms with van der Waals surface area (Å²) in [7, 11) is 0. The number of guanidine groups is 1. The Hall–Kier alpha value is -1.83. The lowest BCUT2D eigenvalue weighted by Crippen LogP contribution is -2.70. The van der Waals surface area contributed by atoms with Crippen LogP contribution in [0.4, 0.5) is 18.9 Å². The molecule has 2 aliphatic carbocycles. The Labute approximate surface area is 348 Å². The molecule has 2 saturated carbocycles. The topological polar surface area (TPSA) is 129 Å². The van der Waals surface area contributed by atoms with Crippen LogP contribution in [0.15, 0.2) is 23.2 Å². The summed E-state index contributed by atoms with van der Waals surface area (Å²) in [6.45, 7) is 13.3. The largest absolute Gasteiger partial charge is 0.416 e. The van der Waals surface area contributed by atoms with Gasteiger partial charge in [-0.3, -0.25) is 4.99 Å². The van der Waals surface area contributed by atoms with Gasteiger partial charge >= 0.3 is 6.18 Å². The number of hydrogen-bond donors (Lipinski definition) is 2. The molecule has 0 unspecified atom stereocenters. The first kappa shape index (κ1) is 42.5. The van der Waals surface area contributed by atoms with Gasteiger partial charge in [0, 0.05) is 43.1 Å². The van der Waals surface area contributed by atoms with Crippen molar-refractivity contribution in [2.45, 2.75) is 147 Å². The average molecular weight is 858 g/mol. The molecule has 4 bridgehead atoms. The van der Waals surface area contributed by atoms with Gasteiger partial charge in [0.2, 0.25) is 11.6 Å². The number of nitrogens with one attached hydrogen (secondary N) is 2. The highest BCUT2D eigenvalue weighted by Crippen LogP contribution is 2.62. The summed E-state index contributed by atoms with van der Waals surface area (Å²) in [6, 6.07) is 3.11. The highest BCUT2D eigenvalue weighted by Gasteiger charge is 2.71. The molecule has 8 aliphatic heterocycles. The maximum Gasteiger partial charge on any atom is 0.416 e. The summed E-state index contributed by atoms with van der Waals surface area (Å²) >= 11 is 6.40. The Bertz CT molecular complexity index is 1750. The average Bonchev–Trinajstić information content (AvgIpc) is 3.57. The van der Waals surface area contributed by atoms with Gasteiger partial charge in [-0.1, -0.05) is 39.3 Å².